The predicted molar refractivity (Wildman–Crippen MR) is 57.7 cm³/mol. The number of nitrogens with two attached hydrogens (primary N) is 1. The Labute approximate surface area is 84.3 Å². The lowest BCUT2D eigenvalue weighted by molar-refractivity contribution is 0.0722. The van der Waals surface area contributed by atoms with Gasteiger partial charge in [0.2, 0.25) is 0 Å². The topological polar surface area (TPSA) is 53.8 Å². The van der Waals surface area contributed by atoms with Gasteiger partial charge in [0.25, 0.3) is 0 Å². The summed E-state index contributed by atoms with van der Waals surface area (Å²) >= 11 is 5.52. The van der Waals surface area contributed by atoms with E-state index < -0.39 is 6.49 Å². The summed E-state index contributed by atoms with van der Waals surface area (Å²) < 4.78 is 9.46. The molecule has 3 N–H and O–H groups in total. The second-order valence-corrected chi connectivity index (χ2v) is 7.33. The van der Waals surface area contributed by atoms with Gasteiger partial charge in [0, 0.05) is 13.1 Å². The van der Waals surface area contributed by atoms with Crippen LogP contribution in [0.2, 0.25) is 0 Å². The van der Waals surface area contributed by atoms with Gasteiger partial charge in [0.05, 0.1) is 13.2 Å². The van der Waals surface area contributed by atoms with Gasteiger partial charge in [0.15, 0.2) is 6.49 Å². The third-order valence-corrected chi connectivity index (χ3v) is 6.66. The lowest BCUT2D eigenvalue weighted by Gasteiger charge is -2.40. The molecular weight excluding hydrogens is 207 g/mol. The zero-order chi connectivity index (χ0) is 9.90. The first-order valence-electron chi connectivity index (χ1n) is 4.20. The lowest BCUT2D eigenvalue weighted by Crippen LogP contribution is -2.43. The molecule has 13 heavy (non-hydrogen) atoms. The fraction of sp³-hybridized carbons (Fsp3) is 1.00. The lowest BCUT2D eigenvalue weighted by atomic mass is 10.5. The molecule has 1 heterocycles. The van der Waals surface area contributed by atoms with Gasteiger partial charge in [0.1, 0.15) is 0 Å². The molecule has 0 aromatic carbocycles. The molecule has 0 spiro atoms. The van der Waals surface area contributed by atoms with E-state index >= 15 is 0 Å². The Balaban J connectivity index is 2.69. The molecule has 1 atom stereocenters. The van der Waals surface area contributed by atoms with E-state index in [1.807, 2.05) is 18.8 Å². The highest BCUT2D eigenvalue weighted by Crippen LogP contribution is 2.46. The molecule has 7 heteroatoms. The number of nitrogens with one attached hydrogen (secondary N) is 1. The van der Waals surface area contributed by atoms with Crippen LogP contribution in [0.1, 0.15) is 0 Å². The van der Waals surface area contributed by atoms with Crippen LogP contribution in [-0.4, -0.2) is 49.7 Å². The maximum Gasteiger partial charge on any atom is 0.155 e. The van der Waals surface area contributed by atoms with Crippen LogP contribution < -0.4 is 11.0 Å². The van der Waals surface area contributed by atoms with Crippen LogP contribution in [0.15, 0.2) is 0 Å². The molecule has 5 nitrogen and oxygen atoms in total. The summed E-state index contributed by atoms with van der Waals surface area (Å²) in [4.78, 5) is 0. The van der Waals surface area contributed by atoms with E-state index in [0.29, 0.717) is 0 Å². The third kappa shape index (κ3) is 2.47. The summed E-state index contributed by atoms with van der Waals surface area (Å²) in [5.74, 6) is 5.51. The van der Waals surface area contributed by atoms with Crippen molar-refractivity contribution in [2.75, 3.05) is 40.4 Å². The van der Waals surface area contributed by atoms with Crippen LogP contribution >= 0.6 is 6.49 Å². The maximum atomic E-state index is 5.52. The van der Waals surface area contributed by atoms with Gasteiger partial charge in [-0.3, -0.25) is 10.5 Å². The van der Waals surface area contributed by atoms with E-state index in [4.69, 9.17) is 22.4 Å². The fourth-order valence-corrected chi connectivity index (χ4v) is 3.37. The summed E-state index contributed by atoms with van der Waals surface area (Å²) in [6, 6.07) is 0. The number of hydrogen-bond acceptors (Lipinski definition) is 3. The minimum absolute atomic E-state index is 0.744. The molecule has 78 valence electrons. The van der Waals surface area contributed by atoms with Crippen molar-refractivity contribution in [3.63, 3.8) is 0 Å². The van der Waals surface area contributed by atoms with Crippen LogP contribution in [0.25, 0.3) is 0 Å². The zero-order valence-electron chi connectivity index (χ0n) is 8.06. The molecule has 0 bridgehead atoms. The van der Waals surface area contributed by atoms with Crippen molar-refractivity contribution in [3.8, 4) is 0 Å². The summed E-state index contributed by atoms with van der Waals surface area (Å²) in [5, 5.41) is 2.77. The average Bonchev–Trinajstić information content (AvgIpc) is 2.17. The van der Waals surface area contributed by atoms with Crippen LogP contribution in [0.5, 0.6) is 0 Å². The Morgan fingerprint density at radius 2 is 2.00 bits per heavy atom. The summed E-state index contributed by atoms with van der Waals surface area (Å²) in [7, 11) is 3.91. The van der Waals surface area contributed by atoms with Gasteiger partial charge in [-0.15, -0.1) is 0 Å². The predicted octanol–water partition coefficient (Wildman–Crippen LogP) is -0.432. The number of hydrazine groups is 1. The van der Waals surface area contributed by atoms with Gasteiger partial charge in [-0.05, 0) is 25.9 Å². The normalized spacial score (nSPS) is 24.6. The Morgan fingerprint density at radius 1 is 1.46 bits per heavy atom. The summed E-state index contributed by atoms with van der Waals surface area (Å²) in [6.45, 7) is 1.31. The molecule has 1 saturated heterocycles. The Hall–Kier alpha value is 0.450. The highest BCUT2D eigenvalue weighted by atomic mass is 32.4. The fourth-order valence-electron chi connectivity index (χ4n) is 1.27. The molecule has 0 radical (unpaired) electrons. The number of rotatable bonds is 3. The third-order valence-electron chi connectivity index (χ3n) is 2.08. The quantitative estimate of drug-likeness (QED) is 0.385. The summed E-state index contributed by atoms with van der Waals surface area (Å²) in [5.41, 5.74) is 0. The first-order valence-corrected chi connectivity index (χ1v) is 6.91. The molecule has 0 amide bonds. The molecule has 1 unspecified atom stereocenters. The Bertz CT molecular complexity index is 207. The smallest absolute Gasteiger partial charge is 0.155 e. The molecule has 1 aliphatic rings. The van der Waals surface area contributed by atoms with Gasteiger partial charge in [-0.2, -0.15) is 0 Å². The van der Waals surface area contributed by atoms with Crippen LogP contribution in [0.4, 0.5) is 0 Å². The number of nitrogens with zero attached hydrogens (tertiary/aromatic N) is 2. The first kappa shape index (κ1) is 11.5. The van der Waals surface area contributed by atoms with Crippen LogP contribution in [0.3, 0.4) is 0 Å². The van der Waals surface area contributed by atoms with Gasteiger partial charge >= 0.3 is 0 Å². The van der Waals surface area contributed by atoms with Gasteiger partial charge in [-0.25, -0.2) is 9.87 Å². The molecular formula is C6H17N4OPS. The molecule has 1 aliphatic heterocycles. The van der Waals surface area contributed by atoms with E-state index in [2.05, 4.69) is 9.87 Å². The zero-order valence-corrected chi connectivity index (χ0v) is 9.77. The minimum Gasteiger partial charge on any atom is -0.379 e. The van der Waals surface area contributed by atoms with Crippen molar-refractivity contribution in [2.45, 2.75) is 0 Å². The van der Waals surface area contributed by atoms with Crippen molar-refractivity contribution in [3.05, 3.63) is 0 Å². The van der Waals surface area contributed by atoms with Crippen molar-refractivity contribution in [2.24, 2.45) is 5.84 Å². The van der Waals surface area contributed by atoms with E-state index in [1.54, 1.807) is 0 Å². The standard InChI is InChI=1S/C6H17N4OPS/c1-9(2)12(13,8-7)10-3-5-11-6-4-10/h3-7H2,1-2H3,(H,8,13). The molecule has 1 rings (SSSR count). The van der Waals surface area contributed by atoms with Gasteiger partial charge < -0.3 is 4.74 Å². The van der Waals surface area contributed by atoms with Crippen molar-refractivity contribution < 1.29 is 4.74 Å². The first-order chi connectivity index (χ1) is 6.11. The van der Waals surface area contributed by atoms with Crippen molar-refractivity contribution >= 4 is 18.3 Å². The van der Waals surface area contributed by atoms with E-state index in [0.717, 1.165) is 26.3 Å². The highest BCUT2D eigenvalue weighted by Gasteiger charge is 2.28. The maximum absolute atomic E-state index is 5.52. The number of ether oxygens (including phenoxy) is 1. The molecule has 0 aliphatic carbocycles. The van der Waals surface area contributed by atoms with E-state index in [1.165, 1.54) is 0 Å². The molecule has 0 aromatic rings. The highest BCUT2D eigenvalue weighted by molar-refractivity contribution is 8.11. The monoisotopic (exact) mass is 224 g/mol. The van der Waals surface area contributed by atoms with Crippen LogP contribution in [0, 0.1) is 0 Å². The van der Waals surface area contributed by atoms with Gasteiger partial charge in [-0.1, -0.05) is 0 Å². The molecule has 0 saturated carbocycles. The average molecular weight is 224 g/mol. The second-order valence-electron chi connectivity index (χ2n) is 3.09. The van der Waals surface area contributed by atoms with Crippen LogP contribution in [-0.2, 0) is 16.5 Å². The van der Waals surface area contributed by atoms with E-state index in [9.17, 15) is 0 Å². The second kappa shape index (κ2) is 4.79. The molecule has 1 fully saturated rings. The minimum atomic E-state index is -1.90. The summed E-state index contributed by atoms with van der Waals surface area (Å²) in [6.07, 6.45) is 0. The Morgan fingerprint density at radius 3 is 2.38 bits per heavy atom. The Kier molecular flexibility index (Phi) is 4.25. The SMILES string of the molecule is CN(C)P(=S)(NN)N1CCOCC1. The molecule has 0 aromatic heterocycles. The van der Waals surface area contributed by atoms with Crippen molar-refractivity contribution in [1.82, 2.24) is 14.5 Å². The number of morpholine rings is 1. The largest absolute Gasteiger partial charge is 0.379 e. The van der Waals surface area contributed by atoms with E-state index in [-0.39, 0.29) is 0 Å². The number of hydrogen-bond donors (Lipinski definition) is 2. The van der Waals surface area contributed by atoms with Crippen molar-refractivity contribution in [1.29, 1.82) is 0 Å².